The van der Waals surface area contributed by atoms with E-state index in [0.717, 1.165) is 11.0 Å². The summed E-state index contributed by atoms with van der Waals surface area (Å²) >= 11 is 2.63. The van der Waals surface area contributed by atoms with Gasteiger partial charge in [0.25, 0.3) is 11.1 Å². The number of hydrogen-bond donors (Lipinski definition) is 2. The SMILES string of the molecule is CCOc1cc(/C=C2/SC(=O)N(CC(=O)Nc3cccc(F)c3)C2=O)cc(I)c1OCC(=O)O. The van der Waals surface area contributed by atoms with Gasteiger partial charge in [-0.3, -0.25) is 19.3 Å². The van der Waals surface area contributed by atoms with Crippen LogP contribution in [0.25, 0.3) is 6.08 Å². The van der Waals surface area contributed by atoms with Crippen molar-refractivity contribution in [2.24, 2.45) is 0 Å². The number of anilines is 1. The van der Waals surface area contributed by atoms with Gasteiger partial charge in [0.2, 0.25) is 5.91 Å². The Morgan fingerprint density at radius 1 is 1.24 bits per heavy atom. The predicted molar refractivity (Wildman–Crippen MR) is 131 cm³/mol. The van der Waals surface area contributed by atoms with Crippen molar-refractivity contribution in [3.8, 4) is 11.5 Å². The Hall–Kier alpha value is -3.13. The van der Waals surface area contributed by atoms with Gasteiger partial charge in [0, 0.05) is 5.69 Å². The minimum Gasteiger partial charge on any atom is -0.490 e. The molecule has 3 amide bonds. The first kappa shape index (κ1) is 25.5. The van der Waals surface area contributed by atoms with Crippen LogP contribution in [0.4, 0.5) is 14.9 Å². The fourth-order valence-electron chi connectivity index (χ4n) is 2.91. The maximum atomic E-state index is 13.3. The van der Waals surface area contributed by atoms with Gasteiger partial charge in [0.1, 0.15) is 12.4 Å². The van der Waals surface area contributed by atoms with Gasteiger partial charge in [-0.1, -0.05) is 6.07 Å². The first-order valence-corrected chi connectivity index (χ1v) is 11.7. The van der Waals surface area contributed by atoms with Gasteiger partial charge in [0.05, 0.1) is 15.1 Å². The maximum absolute atomic E-state index is 13.3. The molecule has 0 saturated carbocycles. The molecule has 0 radical (unpaired) electrons. The number of amides is 3. The third kappa shape index (κ3) is 6.47. The van der Waals surface area contributed by atoms with Crippen molar-refractivity contribution in [2.45, 2.75) is 6.92 Å². The minimum absolute atomic E-state index is 0.0982. The third-order valence-corrected chi connectivity index (χ3v) is 5.96. The van der Waals surface area contributed by atoms with Crippen molar-refractivity contribution in [1.82, 2.24) is 4.90 Å². The van der Waals surface area contributed by atoms with Crippen LogP contribution in [0.3, 0.4) is 0 Å². The van der Waals surface area contributed by atoms with Crippen LogP contribution in [0.1, 0.15) is 12.5 Å². The number of benzene rings is 2. The molecule has 178 valence electrons. The summed E-state index contributed by atoms with van der Waals surface area (Å²) in [5.74, 6) is -2.43. The van der Waals surface area contributed by atoms with Crippen LogP contribution in [-0.2, 0) is 14.4 Å². The summed E-state index contributed by atoms with van der Waals surface area (Å²) in [6.45, 7) is 0.967. The second-order valence-corrected chi connectivity index (χ2v) is 8.93. The highest BCUT2D eigenvalue weighted by atomic mass is 127. The van der Waals surface area contributed by atoms with Crippen LogP contribution in [0, 0.1) is 9.39 Å². The molecule has 0 spiro atoms. The van der Waals surface area contributed by atoms with E-state index in [4.69, 9.17) is 14.6 Å². The smallest absolute Gasteiger partial charge is 0.341 e. The fraction of sp³-hybridized carbons (Fsp3) is 0.182. The monoisotopic (exact) mass is 600 g/mol. The highest BCUT2D eigenvalue weighted by Crippen LogP contribution is 2.37. The zero-order chi connectivity index (χ0) is 24.8. The zero-order valence-corrected chi connectivity index (χ0v) is 20.6. The van der Waals surface area contributed by atoms with E-state index >= 15 is 0 Å². The molecule has 12 heteroatoms. The lowest BCUT2D eigenvalue weighted by molar-refractivity contribution is -0.139. The van der Waals surface area contributed by atoms with Crippen molar-refractivity contribution < 1.29 is 38.1 Å². The molecule has 0 aromatic heterocycles. The predicted octanol–water partition coefficient (Wildman–Crippen LogP) is 3.97. The maximum Gasteiger partial charge on any atom is 0.341 e. The third-order valence-electron chi connectivity index (χ3n) is 4.25. The number of carbonyl (C=O) groups is 4. The summed E-state index contributed by atoms with van der Waals surface area (Å²) in [6, 6.07) is 8.45. The number of carboxylic acids is 1. The quantitative estimate of drug-likeness (QED) is 0.328. The molecule has 0 unspecified atom stereocenters. The average molecular weight is 600 g/mol. The zero-order valence-electron chi connectivity index (χ0n) is 17.7. The first-order valence-electron chi connectivity index (χ1n) is 9.79. The van der Waals surface area contributed by atoms with E-state index in [2.05, 4.69) is 5.32 Å². The van der Waals surface area contributed by atoms with Crippen molar-refractivity contribution in [3.05, 3.63) is 56.3 Å². The van der Waals surface area contributed by atoms with Gasteiger partial charge in [-0.15, -0.1) is 0 Å². The molecular weight excluding hydrogens is 582 g/mol. The molecule has 0 bridgehead atoms. The number of nitrogens with one attached hydrogen (secondary N) is 1. The van der Waals surface area contributed by atoms with Crippen LogP contribution in [0.5, 0.6) is 11.5 Å². The van der Waals surface area contributed by atoms with Crippen molar-refractivity contribution in [1.29, 1.82) is 0 Å². The summed E-state index contributed by atoms with van der Waals surface area (Å²) in [6.07, 6.45) is 1.47. The lowest BCUT2D eigenvalue weighted by Crippen LogP contribution is -2.36. The molecule has 3 rings (SSSR count). The molecule has 1 aliphatic rings. The number of carbonyl (C=O) groups excluding carboxylic acids is 3. The Bertz CT molecular complexity index is 1190. The lowest BCUT2D eigenvalue weighted by Gasteiger charge is -2.14. The molecule has 2 N–H and O–H groups in total. The molecular formula is C22H18FIN2O7S. The molecule has 0 atom stereocenters. The van der Waals surface area contributed by atoms with Crippen LogP contribution >= 0.6 is 34.4 Å². The van der Waals surface area contributed by atoms with E-state index in [1.807, 2.05) is 22.6 Å². The highest BCUT2D eigenvalue weighted by Gasteiger charge is 2.36. The lowest BCUT2D eigenvalue weighted by atomic mass is 10.2. The molecule has 1 saturated heterocycles. The first-order chi connectivity index (χ1) is 16.2. The van der Waals surface area contributed by atoms with E-state index < -0.39 is 42.0 Å². The van der Waals surface area contributed by atoms with Gasteiger partial charge in [-0.05, 0) is 83.2 Å². The second-order valence-electron chi connectivity index (χ2n) is 6.77. The van der Waals surface area contributed by atoms with Crippen LogP contribution in [0.15, 0.2) is 41.3 Å². The molecule has 34 heavy (non-hydrogen) atoms. The van der Waals surface area contributed by atoms with Crippen molar-refractivity contribution in [3.63, 3.8) is 0 Å². The topological polar surface area (TPSA) is 122 Å². The molecule has 0 aliphatic carbocycles. The van der Waals surface area contributed by atoms with Crippen LogP contribution < -0.4 is 14.8 Å². The number of aliphatic carboxylic acids is 1. The molecule has 1 aliphatic heterocycles. The van der Waals surface area contributed by atoms with E-state index in [1.165, 1.54) is 24.3 Å². The molecule has 1 fully saturated rings. The molecule has 2 aromatic carbocycles. The van der Waals surface area contributed by atoms with E-state index in [-0.39, 0.29) is 22.1 Å². The number of carboxylic acid groups (broad SMARTS) is 1. The van der Waals surface area contributed by atoms with Crippen molar-refractivity contribution >= 4 is 69.1 Å². The highest BCUT2D eigenvalue weighted by molar-refractivity contribution is 14.1. The summed E-state index contributed by atoms with van der Waals surface area (Å²) in [7, 11) is 0. The van der Waals surface area contributed by atoms with Crippen LogP contribution in [-0.4, -0.2) is 52.8 Å². The Morgan fingerprint density at radius 2 is 2.00 bits per heavy atom. The number of imide groups is 1. The summed E-state index contributed by atoms with van der Waals surface area (Å²) in [5, 5.41) is 10.7. The van der Waals surface area contributed by atoms with Crippen molar-refractivity contribution in [2.75, 3.05) is 25.1 Å². The van der Waals surface area contributed by atoms with Gasteiger partial charge in [0.15, 0.2) is 18.1 Å². The minimum atomic E-state index is -1.14. The van der Waals surface area contributed by atoms with E-state index in [9.17, 15) is 23.6 Å². The Balaban J connectivity index is 1.77. The number of halogens is 2. The molecule has 1 heterocycles. The van der Waals surface area contributed by atoms with E-state index in [1.54, 1.807) is 19.1 Å². The number of thioether (sulfide) groups is 1. The van der Waals surface area contributed by atoms with Gasteiger partial charge >= 0.3 is 5.97 Å². The normalized spacial score (nSPS) is 14.4. The number of rotatable bonds is 9. The Morgan fingerprint density at radius 3 is 2.68 bits per heavy atom. The van der Waals surface area contributed by atoms with Gasteiger partial charge in [-0.2, -0.15) is 0 Å². The average Bonchev–Trinajstić information content (AvgIpc) is 3.00. The summed E-state index contributed by atoms with van der Waals surface area (Å²) in [5.41, 5.74) is 0.723. The molecule has 2 aromatic rings. The number of hydrogen-bond acceptors (Lipinski definition) is 7. The fourth-order valence-corrected chi connectivity index (χ4v) is 4.53. The van der Waals surface area contributed by atoms with E-state index in [0.29, 0.717) is 27.5 Å². The van der Waals surface area contributed by atoms with Gasteiger partial charge < -0.3 is 19.9 Å². The van der Waals surface area contributed by atoms with Crippen LogP contribution in [0.2, 0.25) is 0 Å². The largest absolute Gasteiger partial charge is 0.490 e. The Labute approximate surface area is 211 Å². The summed E-state index contributed by atoms with van der Waals surface area (Å²) in [4.78, 5) is 49.1. The standard InChI is InChI=1S/C22H18FIN2O7S/c1-2-32-16-7-12(6-15(24)20(16)33-11-19(28)29)8-17-21(30)26(22(31)34-17)10-18(27)25-14-5-3-4-13(23)9-14/h3-9H,2,10-11H2,1H3,(H,25,27)(H,28,29)/b17-8+. The van der Waals surface area contributed by atoms with Gasteiger partial charge in [-0.25, -0.2) is 9.18 Å². The Kier molecular flexibility index (Phi) is 8.50. The molecule has 9 nitrogen and oxygen atoms in total. The summed E-state index contributed by atoms with van der Waals surface area (Å²) < 4.78 is 24.7. The number of nitrogens with zero attached hydrogens (tertiary/aromatic N) is 1. The second kappa shape index (κ2) is 11.3. The number of ether oxygens (including phenoxy) is 2.